The van der Waals surface area contributed by atoms with E-state index in [0.717, 1.165) is 6.92 Å². The highest BCUT2D eigenvalue weighted by molar-refractivity contribution is 7.91. The first kappa shape index (κ1) is 12.9. The van der Waals surface area contributed by atoms with Crippen molar-refractivity contribution in [3.05, 3.63) is 0 Å². The van der Waals surface area contributed by atoms with Crippen molar-refractivity contribution >= 4 is 21.7 Å². The molecule has 0 aromatic rings. The zero-order chi connectivity index (χ0) is 12.3. The third kappa shape index (κ3) is 3.78. The average molecular weight is 251 g/mol. The second-order valence-electron chi connectivity index (χ2n) is 3.60. The maximum Gasteiger partial charge on any atom is 0.303 e. The molecule has 0 spiro atoms. The van der Waals surface area contributed by atoms with Crippen molar-refractivity contribution < 1.29 is 27.9 Å². The number of rotatable bonds is 3. The van der Waals surface area contributed by atoms with Crippen LogP contribution in [0.3, 0.4) is 0 Å². The van der Waals surface area contributed by atoms with Crippen LogP contribution < -0.4 is 5.32 Å². The van der Waals surface area contributed by atoms with Gasteiger partial charge in [0.25, 0.3) is 5.91 Å². The summed E-state index contributed by atoms with van der Waals surface area (Å²) in [5.41, 5.74) is 0. The number of carbonyl (C=O) groups is 2. The maximum absolute atomic E-state index is 11.2. The summed E-state index contributed by atoms with van der Waals surface area (Å²) < 4.78 is 26.6. The Bertz CT molecular complexity index is 389. The summed E-state index contributed by atoms with van der Waals surface area (Å²) in [5, 5.41) is 11.6. The minimum Gasteiger partial charge on any atom is -0.456 e. The molecule has 1 heterocycles. The standard InChI is InChI=1S/C8H13NO6S/c1-5(10)15-2-8(12)9-6-3-16(13,14)4-7(6)11/h6-7,11H,2-4H2,1H3,(H,9,12)/t6-,7+/m0/s1. The normalized spacial score (nSPS) is 27.4. The molecule has 1 rings (SSSR count). The molecule has 1 saturated heterocycles. The van der Waals surface area contributed by atoms with E-state index in [1.165, 1.54) is 0 Å². The Hall–Kier alpha value is -1.15. The lowest BCUT2D eigenvalue weighted by Gasteiger charge is -2.14. The number of ether oxygens (including phenoxy) is 1. The summed E-state index contributed by atoms with van der Waals surface area (Å²) in [7, 11) is -3.29. The molecule has 1 fully saturated rings. The van der Waals surface area contributed by atoms with Crippen LogP contribution in [-0.2, 0) is 24.2 Å². The molecule has 0 aromatic heterocycles. The SMILES string of the molecule is CC(=O)OCC(=O)N[C@H]1CS(=O)(=O)C[C@H]1O. The summed E-state index contributed by atoms with van der Waals surface area (Å²) in [5.74, 6) is -1.88. The van der Waals surface area contributed by atoms with Crippen LogP contribution in [-0.4, -0.2) is 55.7 Å². The van der Waals surface area contributed by atoms with Crippen molar-refractivity contribution in [2.45, 2.75) is 19.1 Å². The Balaban J connectivity index is 2.43. The summed E-state index contributed by atoms with van der Waals surface area (Å²) >= 11 is 0. The van der Waals surface area contributed by atoms with E-state index in [-0.39, 0.29) is 11.5 Å². The number of aliphatic hydroxyl groups is 1. The van der Waals surface area contributed by atoms with E-state index in [0.29, 0.717) is 0 Å². The molecule has 0 unspecified atom stereocenters. The molecule has 0 bridgehead atoms. The third-order valence-electron chi connectivity index (χ3n) is 2.08. The van der Waals surface area contributed by atoms with E-state index in [1.54, 1.807) is 0 Å². The highest BCUT2D eigenvalue weighted by Gasteiger charge is 2.37. The number of hydrogen-bond acceptors (Lipinski definition) is 6. The molecule has 92 valence electrons. The van der Waals surface area contributed by atoms with Crippen molar-refractivity contribution in [3.8, 4) is 0 Å². The van der Waals surface area contributed by atoms with E-state index in [1.807, 2.05) is 0 Å². The topological polar surface area (TPSA) is 110 Å². The minimum atomic E-state index is -3.29. The number of aliphatic hydroxyl groups excluding tert-OH is 1. The van der Waals surface area contributed by atoms with Crippen LogP contribution in [0.5, 0.6) is 0 Å². The van der Waals surface area contributed by atoms with E-state index in [9.17, 15) is 23.1 Å². The summed E-state index contributed by atoms with van der Waals surface area (Å²) in [6, 6.07) is -0.826. The zero-order valence-corrected chi connectivity index (χ0v) is 9.49. The van der Waals surface area contributed by atoms with Crippen LogP contribution in [0.25, 0.3) is 0 Å². The minimum absolute atomic E-state index is 0.292. The molecule has 0 aromatic carbocycles. The predicted molar refractivity (Wildman–Crippen MR) is 53.2 cm³/mol. The van der Waals surface area contributed by atoms with Gasteiger partial charge in [0.05, 0.1) is 23.7 Å². The Morgan fingerprint density at radius 1 is 1.44 bits per heavy atom. The molecule has 16 heavy (non-hydrogen) atoms. The van der Waals surface area contributed by atoms with Crippen LogP contribution in [0.4, 0.5) is 0 Å². The van der Waals surface area contributed by atoms with Gasteiger partial charge >= 0.3 is 5.97 Å². The Labute approximate surface area is 92.7 Å². The molecule has 8 heteroatoms. The predicted octanol–water partition coefficient (Wildman–Crippen LogP) is -2.18. The maximum atomic E-state index is 11.2. The molecule has 1 aliphatic heterocycles. The van der Waals surface area contributed by atoms with Gasteiger partial charge in [-0.05, 0) is 0 Å². The van der Waals surface area contributed by atoms with Gasteiger partial charge in [0, 0.05) is 6.92 Å². The lowest BCUT2D eigenvalue weighted by Crippen LogP contribution is -2.44. The van der Waals surface area contributed by atoms with Crippen molar-refractivity contribution in [2.24, 2.45) is 0 Å². The summed E-state index contributed by atoms with van der Waals surface area (Å²) in [6.07, 6.45) is -1.11. The highest BCUT2D eigenvalue weighted by Crippen LogP contribution is 2.12. The molecule has 0 saturated carbocycles. The molecule has 1 aliphatic rings. The first-order valence-corrected chi connectivity index (χ1v) is 6.43. The molecule has 0 radical (unpaired) electrons. The molecule has 1 amide bonds. The van der Waals surface area contributed by atoms with Crippen LogP contribution in [0.15, 0.2) is 0 Å². The van der Waals surface area contributed by atoms with E-state index in [4.69, 9.17) is 0 Å². The van der Waals surface area contributed by atoms with Crippen LogP contribution in [0, 0.1) is 0 Å². The van der Waals surface area contributed by atoms with Crippen molar-refractivity contribution in [2.75, 3.05) is 18.1 Å². The highest BCUT2D eigenvalue weighted by atomic mass is 32.2. The smallest absolute Gasteiger partial charge is 0.303 e. The van der Waals surface area contributed by atoms with Gasteiger partial charge in [-0.15, -0.1) is 0 Å². The quantitative estimate of drug-likeness (QED) is 0.552. The lowest BCUT2D eigenvalue weighted by molar-refractivity contribution is -0.146. The fraction of sp³-hybridized carbons (Fsp3) is 0.750. The number of sulfone groups is 1. The monoisotopic (exact) mass is 251 g/mol. The van der Waals surface area contributed by atoms with Gasteiger partial charge < -0.3 is 15.2 Å². The Morgan fingerprint density at radius 2 is 2.06 bits per heavy atom. The van der Waals surface area contributed by atoms with Gasteiger partial charge in [-0.1, -0.05) is 0 Å². The first-order chi connectivity index (χ1) is 7.30. The van der Waals surface area contributed by atoms with E-state index >= 15 is 0 Å². The largest absolute Gasteiger partial charge is 0.456 e. The van der Waals surface area contributed by atoms with E-state index in [2.05, 4.69) is 10.1 Å². The van der Waals surface area contributed by atoms with Crippen LogP contribution in [0.2, 0.25) is 0 Å². The van der Waals surface area contributed by atoms with Crippen LogP contribution >= 0.6 is 0 Å². The van der Waals surface area contributed by atoms with Gasteiger partial charge in [-0.3, -0.25) is 9.59 Å². The third-order valence-corrected chi connectivity index (χ3v) is 3.79. The van der Waals surface area contributed by atoms with Gasteiger partial charge in [-0.25, -0.2) is 8.42 Å². The second kappa shape index (κ2) is 4.79. The summed E-state index contributed by atoms with van der Waals surface area (Å²) in [6.45, 7) is 0.681. The molecular weight excluding hydrogens is 238 g/mol. The number of carbonyl (C=O) groups excluding carboxylic acids is 2. The number of nitrogens with one attached hydrogen (secondary N) is 1. The Kier molecular flexibility index (Phi) is 3.87. The number of amides is 1. The molecule has 0 aliphatic carbocycles. The van der Waals surface area contributed by atoms with Crippen molar-refractivity contribution in [3.63, 3.8) is 0 Å². The molecule has 2 N–H and O–H groups in total. The zero-order valence-electron chi connectivity index (χ0n) is 8.67. The van der Waals surface area contributed by atoms with E-state index < -0.39 is 40.5 Å². The van der Waals surface area contributed by atoms with Gasteiger partial charge in [0.1, 0.15) is 0 Å². The van der Waals surface area contributed by atoms with Crippen molar-refractivity contribution in [1.82, 2.24) is 5.32 Å². The van der Waals surface area contributed by atoms with Crippen molar-refractivity contribution in [1.29, 1.82) is 0 Å². The molecule has 2 atom stereocenters. The van der Waals surface area contributed by atoms with Gasteiger partial charge in [-0.2, -0.15) is 0 Å². The molecule has 7 nitrogen and oxygen atoms in total. The summed E-state index contributed by atoms with van der Waals surface area (Å²) in [4.78, 5) is 21.6. The Morgan fingerprint density at radius 3 is 2.50 bits per heavy atom. The second-order valence-corrected chi connectivity index (χ2v) is 5.75. The average Bonchev–Trinajstić information content (AvgIpc) is 2.36. The fourth-order valence-electron chi connectivity index (χ4n) is 1.38. The van der Waals surface area contributed by atoms with Gasteiger partial charge in [0.2, 0.25) is 0 Å². The first-order valence-electron chi connectivity index (χ1n) is 4.61. The van der Waals surface area contributed by atoms with Crippen LogP contribution in [0.1, 0.15) is 6.92 Å². The lowest BCUT2D eigenvalue weighted by atomic mass is 10.2. The fourth-order valence-corrected chi connectivity index (χ4v) is 3.12. The van der Waals surface area contributed by atoms with Gasteiger partial charge in [0.15, 0.2) is 16.4 Å². The number of hydrogen-bond donors (Lipinski definition) is 2. The number of esters is 1. The molecular formula is C8H13NO6S.